The molecule has 0 radical (unpaired) electrons. The van der Waals surface area contributed by atoms with E-state index in [1.54, 1.807) is 0 Å². The van der Waals surface area contributed by atoms with Gasteiger partial charge >= 0.3 is 0 Å². The average molecular weight is 435 g/mol. The number of hydrogen-bond donors (Lipinski definition) is 1. The molecule has 168 valence electrons. The number of piperazine rings is 1. The first-order valence-electron chi connectivity index (χ1n) is 11.2. The molecule has 2 heterocycles. The SMILES string of the molecule is CCC/C(C)=C\C(=N)N1CCN(CCN2CCOCC2)CC1.Cc1ccc(Cl)cc1. The van der Waals surface area contributed by atoms with E-state index in [0.29, 0.717) is 5.84 Å². The van der Waals surface area contributed by atoms with Gasteiger partial charge in [0.25, 0.3) is 0 Å². The van der Waals surface area contributed by atoms with Gasteiger partial charge in [0.15, 0.2) is 0 Å². The second-order valence-corrected chi connectivity index (χ2v) is 8.64. The van der Waals surface area contributed by atoms with Crippen LogP contribution in [-0.4, -0.2) is 86.1 Å². The zero-order valence-electron chi connectivity index (χ0n) is 19.0. The summed E-state index contributed by atoms with van der Waals surface area (Å²) in [6.07, 6.45) is 4.31. The van der Waals surface area contributed by atoms with Crippen LogP contribution in [0.1, 0.15) is 32.3 Å². The first-order chi connectivity index (χ1) is 14.5. The Morgan fingerprint density at radius 1 is 1.00 bits per heavy atom. The standard InChI is InChI=1S/C17H32N4O.C7H7Cl/c1-3-4-16(2)15-17(18)21-9-7-19(8-10-21)5-6-20-11-13-22-14-12-20;1-6-2-4-7(8)5-3-6/h15,18H,3-14H2,1-2H3;2-5H,1H3/b16-15-,18-17?;. The molecule has 6 heteroatoms. The molecule has 0 saturated carbocycles. The van der Waals surface area contributed by atoms with Crippen LogP contribution in [0.15, 0.2) is 35.9 Å². The fraction of sp³-hybridized carbons (Fsp3) is 0.625. The van der Waals surface area contributed by atoms with Crippen LogP contribution < -0.4 is 0 Å². The number of amidine groups is 1. The summed E-state index contributed by atoms with van der Waals surface area (Å²) in [7, 11) is 0. The molecule has 2 fully saturated rings. The summed E-state index contributed by atoms with van der Waals surface area (Å²) in [5, 5.41) is 9.03. The van der Waals surface area contributed by atoms with Crippen molar-refractivity contribution in [2.75, 3.05) is 65.6 Å². The number of hydrogen-bond acceptors (Lipinski definition) is 4. The van der Waals surface area contributed by atoms with Crippen molar-refractivity contribution in [1.82, 2.24) is 14.7 Å². The summed E-state index contributed by atoms with van der Waals surface area (Å²) in [6, 6.07) is 7.75. The fourth-order valence-electron chi connectivity index (χ4n) is 3.64. The molecule has 0 spiro atoms. The molecule has 30 heavy (non-hydrogen) atoms. The van der Waals surface area contributed by atoms with Gasteiger partial charge in [0, 0.05) is 57.4 Å². The Morgan fingerprint density at radius 2 is 1.57 bits per heavy atom. The normalized spacial score (nSPS) is 18.7. The zero-order valence-corrected chi connectivity index (χ0v) is 19.8. The van der Waals surface area contributed by atoms with Gasteiger partial charge in [-0.15, -0.1) is 0 Å². The van der Waals surface area contributed by atoms with Crippen LogP contribution in [0, 0.1) is 12.3 Å². The molecule has 0 aromatic heterocycles. The molecule has 0 bridgehead atoms. The topological polar surface area (TPSA) is 42.8 Å². The molecule has 2 saturated heterocycles. The van der Waals surface area contributed by atoms with Gasteiger partial charge in [0.2, 0.25) is 0 Å². The first kappa shape index (κ1) is 24.9. The number of rotatable bonds is 6. The quantitative estimate of drug-likeness (QED) is 0.535. The van der Waals surface area contributed by atoms with Crippen LogP contribution in [0.4, 0.5) is 0 Å². The van der Waals surface area contributed by atoms with Gasteiger partial charge in [-0.2, -0.15) is 0 Å². The monoisotopic (exact) mass is 434 g/mol. The van der Waals surface area contributed by atoms with Crippen molar-refractivity contribution in [2.24, 2.45) is 0 Å². The van der Waals surface area contributed by atoms with Crippen LogP contribution in [0.5, 0.6) is 0 Å². The van der Waals surface area contributed by atoms with E-state index >= 15 is 0 Å². The third kappa shape index (κ3) is 9.61. The molecule has 0 unspecified atom stereocenters. The number of ether oxygens (including phenoxy) is 1. The van der Waals surface area contributed by atoms with E-state index in [0.717, 1.165) is 83.4 Å². The maximum atomic E-state index is 8.23. The lowest BCUT2D eigenvalue weighted by molar-refractivity contribution is 0.0315. The number of allylic oxidation sites excluding steroid dienone is 1. The number of halogens is 1. The minimum absolute atomic E-state index is 0.693. The van der Waals surface area contributed by atoms with Gasteiger partial charge in [-0.3, -0.25) is 15.2 Å². The largest absolute Gasteiger partial charge is 0.379 e. The molecule has 0 aliphatic carbocycles. The summed E-state index contributed by atoms with van der Waals surface area (Å²) in [4.78, 5) is 7.24. The fourth-order valence-corrected chi connectivity index (χ4v) is 3.77. The molecule has 5 nitrogen and oxygen atoms in total. The third-order valence-electron chi connectivity index (χ3n) is 5.59. The van der Waals surface area contributed by atoms with Gasteiger partial charge in [-0.25, -0.2) is 0 Å². The lowest BCUT2D eigenvalue weighted by Crippen LogP contribution is -2.50. The molecule has 1 aromatic rings. The summed E-state index contributed by atoms with van der Waals surface area (Å²) < 4.78 is 5.39. The molecule has 2 aliphatic heterocycles. The Labute approximate surface area is 188 Å². The number of aryl methyl sites for hydroxylation is 1. The highest BCUT2D eigenvalue weighted by Crippen LogP contribution is 2.09. The first-order valence-corrected chi connectivity index (χ1v) is 11.6. The zero-order chi connectivity index (χ0) is 21.8. The van der Waals surface area contributed by atoms with E-state index in [9.17, 15) is 0 Å². The number of benzene rings is 1. The Balaban J connectivity index is 0.000000335. The second-order valence-electron chi connectivity index (χ2n) is 8.20. The van der Waals surface area contributed by atoms with Crippen LogP contribution in [0.3, 0.4) is 0 Å². The summed E-state index contributed by atoms with van der Waals surface area (Å²) in [5.74, 6) is 0.693. The van der Waals surface area contributed by atoms with Crippen molar-refractivity contribution in [1.29, 1.82) is 5.41 Å². The lowest BCUT2D eigenvalue weighted by atomic mass is 10.1. The third-order valence-corrected chi connectivity index (χ3v) is 5.84. The molecule has 0 amide bonds. The van der Waals surface area contributed by atoms with Crippen LogP contribution in [0.25, 0.3) is 0 Å². The van der Waals surface area contributed by atoms with Gasteiger partial charge in [0.05, 0.1) is 13.2 Å². The van der Waals surface area contributed by atoms with Crippen LogP contribution in [-0.2, 0) is 4.74 Å². The van der Waals surface area contributed by atoms with Crippen molar-refractivity contribution in [3.63, 3.8) is 0 Å². The highest BCUT2D eigenvalue weighted by atomic mass is 35.5. The second kappa shape index (κ2) is 13.8. The molecule has 1 aromatic carbocycles. The predicted molar refractivity (Wildman–Crippen MR) is 128 cm³/mol. The van der Waals surface area contributed by atoms with Gasteiger partial charge in [-0.1, -0.05) is 48.2 Å². The predicted octanol–water partition coefficient (Wildman–Crippen LogP) is 4.31. The van der Waals surface area contributed by atoms with Crippen molar-refractivity contribution in [3.8, 4) is 0 Å². The van der Waals surface area contributed by atoms with Crippen molar-refractivity contribution in [2.45, 2.75) is 33.6 Å². The van der Waals surface area contributed by atoms with E-state index in [2.05, 4.69) is 28.5 Å². The Bertz CT molecular complexity index is 627. The Kier molecular flexibility index (Phi) is 11.4. The van der Waals surface area contributed by atoms with Crippen molar-refractivity contribution >= 4 is 17.4 Å². The highest BCUT2D eigenvalue weighted by Gasteiger charge is 2.19. The molecule has 2 aliphatic rings. The van der Waals surface area contributed by atoms with Crippen molar-refractivity contribution < 1.29 is 4.74 Å². The Hall–Kier alpha value is -1.40. The van der Waals surface area contributed by atoms with E-state index in [1.807, 2.05) is 37.3 Å². The van der Waals surface area contributed by atoms with Gasteiger partial charge in [0.1, 0.15) is 5.84 Å². The summed E-state index contributed by atoms with van der Waals surface area (Å²) >= 11 is 5.61. The highest BCUT2D eigenvalue weighted by molar-refractivity contribution is 6.30. The van der Waals surface area contributed by atoms with E-state index in [4.69, 9.17) is 21.7 Å². The molecule has 3 rings (SSSR count). The maximum Gasteiger partial charge on any atom is 0.120 e. The minimum Gasteiger partial charge on any atom is -0.379 e. The molecule has 0 atom stereocenters. The summed E-state index contributed by atoms with van der Waals surface area (Å²) in [6.45, 7) is 16.7. The summed E-state index contributed by atoms with van der Waals surface area (Å²) in [5.41, 5.74) is 2.57. The van der Waals surface area contributed by atoms with E-state index < -0.39 is 0 Å². The molecule has 1 N–H and O–H groups in total. The maximum absolute atomic E-state index is 8.23. The average Bonchev–Trinajstić information content (AvgIpc) is 2.76. The van der Waals surface area contributed by atoms with Crippen LogP contribution in [0.2, 0.25) is 5.02 Å². The number of nitrogens with one attached hydrogen (secondary N) is 1. The Morgan fingerprint density at radius 3 is 2.10 bits per heavy atom. The molecular weight excluding hydrogens is 396 g/mol. The van der Waals surface area contributed by atoms with Crippen molar-refractivity contribution in [3.05, 3.63) is 46.5 Å². The smallest absolute Gasteiger partial charge is 0.120 e. The van der Waals surface area contributed by atoms with Gasteiger partial charge in [-0.05, 0) is 38.5 Å². The minimum atomic E-state index is 0.693. The van der Waals surface area contributed by atoms with E-state index in [1.165, 1.54) is 11.1 Å². The van der Waals surface area contributed by atoms with E-state index in [-0.39, 0.29) is 0 Å². The van der Waals surface area contributed by atoms with Crippen LogP contribution >= 0.6 is 11.6 Å². The number of nitrogens with zero attached hydrogens (tertiary/aromatic N) is 3. The lowest BCUT2D eigenvalue weighted by Gasteiger charge is -2.37. The molecular formula is C24H39ClN4O. The number of morpholine rings is 1. The van der Waals surface area contributed by atoms with Gasteiger partial charge < -0.3 is 9.64 Å².